The molecule has 16 heteroatoms. The molecule has 6 rings (SSSR count). The van der Waals surface area contributed by atoms with Crippen LogP contribution < -0.4 is 59.1 Å². The quantitative estimate of drug-likeness (QED) is 0.101. The Hall–Kier alpha value is -3.75. The van der Waals surface area contributed by atoms with Gasteiger partial charge in [0.1, 0.15) is 48.2 Å². The van der Waals surface area contributed by atoms with E-state index >= 15 is 0 Å². The van der Waals surface area contributed by atoms with Crippen LogP contribution in [0.3, 0.4) is 0 Å². The number of hydrogen-bond acceptors (Lipinski definition) is 8. The van der Waals surface area contributed by atoms with Crippen molar-refractivity contribution < 1.29 is 108 Å². The Kier molecular flexibility index (Phi) is 24.1. The molecular weight excluding hydrogens is 901 g/mol. The van der Waals surface area contributed by atoms with Crippen LogP contribution in [0.2, 0.25) is 0 Å². The van der Waals surface area contributed by atoms with Crippen LogP contribution >= 0.6 is 0 Å². The molecule has 0 aliphatic rings. The Labute approximate surface area is 379 Å². The first-order valence-electron chi connectivity index (χ1n) is 16.1. The van der Waals surface area contributed by atoms with E-state index in [4.69, 9.17) is 9.47 Å². The minimum absolute atomic E-state index is 0. The summed E-state index contributed by atoms with van der Waals surface area (Å²) in [5.41, 5.74) is 3.23. The standard InChI is InChI=1S/2C20H20N3O2.4ClH.2Zn/c2*1-20(2,3)18(24)19(23-14-21-13-22-23)25-17-11-9-16(10-12-17)15-7-5-4-6-8-15;;;;;;/h2*4-14H,1-3H3;4*1H;;/q2*-1;;;;;2*+2/p-4. The van der Waals surface area contributed by atoms with Gasteiger partial charge in [0.25, 0.3) is 0 Å². The first kappa shape index (κ1) is 54.3. The van der Waals surface area contributed by atoms with Crippen molar-refractivity contribution in [2.24, 2.45) is 10.8 Å². The van der Waals surface area contributed by atoms with Gasteiger partial charge in [-0.25, -0.2) is 0 Å². The third kappa shape index (κ3) is 15.0. The number of benzene rings is 4. The average molecular weight is 941 g/mol. The summed E-state index contributed by atoms with van der Waals surface area (Å²) in [7, 11) is 0. The third-order valence-electron chi connectivity index (χ3n) is 7.36. The van der Waals surface area contributed by atoms with E-state index in [9.17, 15) is 9.59 Å². The summed E-state index contributed by atoms with van der Waals surface area (Å²) in [4.78, 5) is 33.2. The number of ether oxygens (including phenoxy) is 2. The van der Waals surface area contributed by atoms with E-state index in [1.165, 1.54) is 34.7 Å². The SMILES string of the molecule is CC(C)(C)C(=O)[C-](Oc1ccc(-c2ccccc2)cc1)n1cncn1.CC(C)(C)C(=O)[C-](Oc1ccc(-c2ccccc2)cc1)n1cncn1.[Cl-].[Cl-].[Cl-].[Cl-].[Zn+2].[Zn+2]. The summed E-state index contributed by atoms with van der Waals surface area (Å²) >= 11 is 0. The van der Waals surface area contributed by atoms with E-state index in [0.29, 0.717) is 11.5 Å². The van der Waals surface area contributed by atoms with Crippen molar-refractivity contribution in [2.75, 3.05) is 0 Å². The number of nitrogens with zero attached hydrogens (tertiary/aromatic N) is 6. The molecule has 0 saturated carbocycles. The van der Waals surface area contributed by atoms with Crippen LogP contribution in [0.1, 0.15) is 41.5 Å². The smallest absolute Gasteiger partial charge is 1.00 e. The number of ketones is 2. The number of carbonyl (C=O) groups excluding carboxylic acids is 2. The van der Waals surface area contributed by atoms with E-state index in [-0.39, 0.29) is 113 Å². The van der Waals surface area contributed by atoms with Gasteiger partial charge in [-0.3, -0.25) is 0 Å². The van der Waals surface area contributed by atoms with Gasteiger partial charge < -0.3 is 88.0 Å². The first-order valence-corrected chi connectivity index (χ1v) is 16.1. The molecule has 0 amide bonds. The minimum Gasteiger partial charge on any atom is -1.00 e. The van der Waals surface area contributed by atoms with Crippen LogP contribution in [0, 0.1) is 23.3 Å². The van der Waals surface area contributed by atoms with Crippen LogP contribution in [0.25, 0.3) is 22.3 Å². The monoisotopic (exact) mass is 936 g/mol. The van der Waals surface area contributed by atoms with Crippen LogP contribution in [0.4, 0.5) is 0 Å². The molecule has 0 aliphatic heterocycles. The van der Waals surface area contributed by atoms with E-state index in [1.807, 2.05) is 151 Å². The topological polar surface area (TPSA) is 114 Å². The number of hydrogen-bond donors (Lipinski definition) is 0. The molecule has 2 heterocycles. The molecular formula is C40H40Cl4N6O4Zn2-2. The predicted octanol–water partition coefficient (Wildman–Crippen LogP) is -4.04. The second kappa shape index (κ2) is 24.8. The summed E-state index contributed by atoms with van der Waals surface area (Å²) in [6.45, 7) is 11.0. The number of halogens is 4. The van der Waals surface area contributed by atoms with Gasteiger partial charge in [-0.2, -0.15) is 10.2 Å². The van der Waals surface area contributed by atoms with E-state index in [2.05, 4.69) is 20.2 Å². The van der Waals surface area contributed by atoms with Crippen molar-refractivity contribution in [2.45, 2.75) is 41.5 Å². The van der Waals surface area contributed by atoms with Crippen molar-refractivity contribution in [3.05, 3.63) is 147 Å². The Morgan fingerprint density at radius 1 is 0.482 bits per heavy atom. The molecule has 0 N–H and O–H groups in total. The number of Topliss-reactive ketones (excluding diaryl/α,β-unsaturated/α-hetero) is 2. The van der Waals surface area contributed by atoms with Crippen LogP contribution in [-0.2, 0) is 48.5 Å². The van der Waals surface area contributed by atoms with E-state index in [1.54, 1.807) is 0 Å². The summed E-state index contributed by atoms with van der Waals surface area (Å²) in [5.74, 6) is 0.848. The van der Waals surface area contributed by atoms with E-state index < -0.39 is 10.8 Å². The Morgan fingerprint density at radius 2 is 0.768 bits per heavy atom. The second-order valence-electron chi connectivity index (χ2n) is 13.4. The Balaban J connectivity index is 0. The molecule has 0 radical (unpaired) electrons. The summed E-state index contributed by atoms with van der Waals surface area (Å²) < 4.78 is 14.5. The molecule has 0 fully saturated rings. The number of rotatable bonds is 10. The summed E-state index contributed by atoms with van der Waals surface area (Å²) in [5, 5.41) is 8.07. The molecule has 2 aromatic heterocycles. The zero-order chi connectivity index (χ0) is 35.7. The molecule has 288 valence electrons. The van der Waals surface area contributed by atoms with Crippen molar-refractivity contribution in [1.29, 1.82) is 0 Å². The van der Waals surface area contributed by atoms with Crippen molar-refractivity contribution in [1.82, 2.24) is 29.5 Å². The van der Waals surface area contributed by atoms with Gasteiger partial charge in [0, 0.05) is 10.8 Å². The number of aromatic nitrogens is 6. The summed E-state index contributed by atoms with van der Waals surface area (Å²) in [6.07, 6.45) is 5.93. The third-order valence-corrected chi connectivity index (χ3v) is 7.36. The van der Waals surface area contributed by atoms with Gasteiger partial charge in [0.05, 0.1) is 0 Å². The maximum absolute atomic E-state index is 12.7. The first-order chi connectivity index (χ1) is 23.9. The molecule has 56 heavy (non-hydrogen) atoms. The van der Waals surface area contributed by atoms with Crippen LogP contribution in [0.5, 0.6) is 11.5 Å². The van der Waals surface area contributed by atoms with Gasteiger partial charge >= 0.3 is 39.0 Å². The van der Waals surface area contributed by atoms with Crippen molar-refractivity contribution in [3.63, 3.8) is 0 Å². The maximum atomic E-state index is 12.7. The van der Waals surface area contributed by atoms with Gasteiger partial charge in [-0.05, 0) is 59.2 Å². The van der Waals surface area contributed by atoms with Crippen LogP contribution in [-0.4, -0.2) is 41.1 Å². The molecule has 0 bridgehead atoms. The van der Waals surface area contributed by atoms with Gasteiger partial charge in [0.15, 0.2) is 0 Å². The maximum Gasteiger partial charge on any atom is 2.00 e. The fourth-order valence-electron chi connectivity index (χ4n) is 4.58. The molecule has 4 aromatic carbocycles. The fraction of sp³-hybridized carbons (Fsp3) is 0.200. The van der Waals surface area contributed by atoms with Crippen molar-refractivity contribution in [3.8, 4) is 33.8 Å². The molecule has 0 aliphatic carbocycles. The zero-order valence-corrected chi connectivity index (χ0v) is 40.9. The molecule has 0 unspecified atom stereocenters. The van der Waals surface area contributed by atoms with Gasteiger partial charge in [0.2, 0.25) is 0 Å². The fourth-order valence-corrected chi connectivity index (χ4v) is 4.58. The molecule has 10 nitrogen and oxygen atoms in total. The van der Waals surface area contributed by atoms with Crippen LogP contribution in [0.15, 0.2) is 135 Å². The zero-order valence-electron chi connectivity index (χ0n) is 31.9. The molecule has 6 aromatic rings. The normalized spacial score (nSPS) is 9.96. The molecule has 0 saturated heterocycles. The summed E-state index contributed by atoms with van der Waals surface area (Å²) in [6, 6.07) is 35.4. The van der Waals surface area contributed by atoms with Gasteiger partial charge in [-0.1, -0.05) is 126 Å². The van der Waals surface area contributed by atoms with Gasteiger partial charge in [-0.15, -0.1) is 0 Å². The van der Waals surface area contributed by atoms with E-state index in [0.717, 1.165) is 22.3 Å². The predicted molar refractivity (Wildman–Crippen MR) is 191 cm³/mol. The Bertz CT molecular complexity index is 1820. The van der Waals surface area contributed by atoms with Crippen molar-refractivity contribution >= 4 is 11.6 Å². The second-order valence-corrected chi connectivity index (χ2v) is 13.4. The Morgan fingerprint density at radius 3 is 1.02 bits per heavy atom. The molecule has 0 spiro atoms. The average Bonchev–Trinajstić information content (AvgIpc) is 3.86. The molecule has 0 atom stereocenters. The number of carbonyl (C=O) groups is 2. The minimum atomic E-state index is -0.592. The largest absolute Gasteiger partial charge is 2.00 e.